The highest BCUT2D eigenvalue weighted by atomic mass is 32.2. The lowest BCUT2D eigenvalue weighted by Crippen LogP contribution is -2.15. The number of para-hydroxylation sites is 2. The molecule has 0 spiro atoms. The molecule has 10 heteroatoms. The molecule has 2 heterocycles. The van der Waals surface area contributed by atoms with Crippen molar-refractivity contribution >= 4 is 35.0 Å². The van der Waals surface area contributed by atoms with Crippen molar-refractivity contribution in [3.05, 3.63) is 40.7 Å². The molecule has 4 N–H and O–H groups in total. The molecule has 0 fully saturated rings. The highest BCUT2D eigenvalue weighted by molar-refractivity contribution is 7.99. The van der Waals surface area contributed by atoms with Gasteiger partial charge in [-0.05, 0) is 12.1 Å². The average molecular weight is 346 g/mol. The van der Waals surface area contributed by atoms with Gasteiger partial charge in [0.05, 0.1) is 18.6 Å². The summed E-state index contributed by atoms with van der Waals surface area (Å²) in [6.45, 7) is 0. The number of hydrogen-bond donors (Lipinski definition) is 3. The number of nitrogen functional groups attached to an aromatic ring is 1. The third kappa shape index (κ3) is 3.18. The summed E-state index contributed by atoms with van der Waals surface area (Å²) < 4.78 is 6.66. The Balaban J connectivity index is 1.72. The number of aromatic nitrogens is 4. The number of amides is 1. The van der Waals surface area contributed by atoms with Crippen LogP contribution in [0.25, 0.3) is 5.78 Å². The zero-order valence-electron chi connectivity index (χ0n) is 12.6. The van der Waals surface area contributed by atoms with Gasteiger partial charge in [0.15, 0.2) is 5.16 Å². The van der Waals surface area contributed by atoms with Crippen molar-refractivity contribution in [3.63, 3.8) is 0 Å². The first kappa shape index (κ1) is 15.9. The molecule has 124 valence electrons. The topological polar surface area (TPSA) is 127 Å². The predicted molar refractivity (Wildman–Crippen MR) is 90.4 cm³/mol. The van der Waals surface area contributed by atoms with Gasteiger partial charge in [0, 0.05) is 6.07 Å². The maximum atomic E-state index is 12.1. The van der Waals surface area contributed by atoms with Gasteiger partial charge < -0.3 is 15.8 Å². The van der Waals surface area contributed by atoms with Crippen molar-refractivity contribution in [2.75, 3.05) is 23.9 Å². The van der Waals surface area contributed by atoms with Crippen LogP contribution in [0, 0.1) is 0 Å². The molecule has 0 aliphatic heterocycles. The van der Waals surface area contributed by atoms with E-state index in [2.05, 4.69) is 20.5 Å². The minimum absolute atomic E-state index is 0.0947. The number of fused-ring (bicyclic) bond motifs is 1. The van der Waals surface area contributed by atoms with E-state index in [1.807, 2.05) is 6.07 Å². The van der Waals surface area contributed by atoms with E-state index in [4.69, 9.17) is 10.5 Å². The van der Waals surface area contributed by atoms with Gasteiger partial charge in [-0.25, -0.2) is 4.40 Å². The third-order valence-corrected chi connectivity index (χ3v) is 4.05. The van der Waals surface area contributed by atoms with Crippen LogP contribution >= 0.6 is 11.8 Å². The number of benzene rings is 1. The summed E-state index contributed by atoms with van der Waals surface area (Å²) in [5.41, 5.74) is 6.02. The van der Waals surface area contributed by atoms with Gasteiger partial charge in [-0.15, -0.1) is 10.2 Å². The minimum atomic E-state index is -0.363. The lowest BCUT2D eigenvalue weighted by molar-refractivity contribution is -0.113. The molecule has 1 aromatic carbocycles. The maximum Gasteiger partial charge on any atom is 0.254 e. The number of nitrogens with two attached hydrogens (primary N) is 1. The summed E-state index contributed by atoms with van der Waals surface area (Å²) in [6.07, 6.45) is 0. The molecule has 0 unspecified atom stereocenters. The number of thioether (sulfide) groups is 1. The summed E-state index contributed by atoms with van der Waals surface area (Å²) in [5.74, 6) is 0.867. The second-order valence-electron chi connectivity index (χ2n) is 4.74. The van der Waals surface area contributed by atoms with E-state index in [1.165, 1.54) is 17.6 Å². The van der Waals surface area contributed by atoms with Gasteiger partial charge >= 0.3 is 0 Å². The Morgan fingerprint density at radius 3 is 3.00 bits per heavy atom. The first-order chi connectivity index (χ1) is 11.6. The highest BCUT2D eigenvalue weighted by Gasteiger charge is 2.13. The number of hydrogen-bond acceptors (Lipinski definition) is 7. The Morgan fingerprint density at radius 2 is 2.21 bits per heavy atom. The number of aromatic amines is 1. The molecular weight excluding hydrogens is 332 g/mol. The Morgan fingerprint density at radius 1 is 1.42 bits per heavy atom. The molecule has 1 amide bonds. The molecule has 2 aromatic heterocycles. The maximum absolute atomic E-state index is 12.1. The summed E-state index contributed by atoms with van der Waals surface area (Å²) >= 11 is 1.15. The SMILES string of the molecule is COc1ccccc1NC(=O)CSc1nnc2[nH]c(=O)cc(N)n12. The molecule has 0 saturated heterocycles. The van der Waals surface area contributed by atoms with Crippen LogP contribution < -0.4 is 21.3 Å². The van der Waals surface area contributed by atoms with Gasteiger partial charge in [0.2, 0.25) is 11.7 Å². The van der Waals surface area contributed by atoms with Gasteiger partial charge in [0.1, 0.15) is 11.6 Å². The van der Waals surface area contributed by atoms with Crippen molar-refractivity contribution in [2.45, 2.75) is 5.16 Å². The molecule has 0 atom stereocenters. The van der Waals surface area contributed by atoms with Gasteiger partial charge in [0.25, 0.3) is 5.56 Å². The first-order valence-electron chi connectivity index (χ1n) is 6.88. The molecule has 0 aliphatic carbocycles. The lowest BCUT2D eigenvalue weighted by Gasteiger charge is -2.09. The molecule has 9 nitrogen and oxygen atoms in total. The van der Waals surface area contributed by atoms with Gasteiger partial charge in [-0.3, -0.25) is 14.6 Å². The van der Waals surface area contributed by atoms with Crippen LogP contribution in [0.2, 0.25) is 0 Å². The Bertz CT molecular complexity index is 951. The zero-order valence-corrected chi connectivity index (χ0v) is 13.5. The Hall–Kier alpha value is -3.01. The number of H-pyrrole nitrogens is 1. The van der Waals surface area contributed by atoms with Crippen molar-refractivity contribution < 1.29 is 9.53 Å². The van der Waals surface area contributed by atoms with Gasteiger partial charge in [-0.1, -0.05) is 23.9 Å². The Labute approximate surface area is 140 Å². The quantitative estimate of drug-likeness (QED) is 0.581. The molecule has 3 aromatic rings. The highest BCUT2D eigenvalue weighted by Crippen LogP contribution is 2.24. The summed E-state index contributed by atoms with van der Waals surface area (Å²) in [6, 6.07) is 8.35. The Kier molecular flexibility index (Phi) is 4.38. The number of nitrogens with zero attached hydrogens (tertiary/aromatic N) is 3. The van der Waals surface area contributed by atoms with Crippen molar-refractivity contribution in [1.82, 2.24) is 19.6 Å². The minimum Gasteiger partial charge on any atom is -0.495 e. The van der Waals surface area contributed by atoms with E-state index >= 15 is 0 Å². The normalized spacial score (nSPS) is 10.7. The van der Waals surface area contributed by atoms with E-state index in [0.717, 1.165) is 11.8 Å². The zero-order chi connectivity index (χ0) is 17.1. The van der Waals surface area contributed by atoms with Crippen LogP contribution in [0.5, 0.6) is 5.75 Å². The number of nitrogens with one attached hydrogen (secondary N) is 2. The predicted octanol–water partition coefficient (Wildman–Crippen LogP) is 0.739. The smallest absolute Gasteiger partial charge is 0.254 e. The molecule has 3 rings (SSSR count). The van der Waals surface area contributed by atoms with E-state index in [1.54, 1.807) is 18.2 Å². The van der Waals surface area contributed by atoms with E-state index in [9.17, 15) is 9.59 Å². The van der Waals surface area contributed by atoms with Crippen LogP contribution in [0.15, 0.2) is 40.3 Å². The number of carbonyl (C=O) groups excluding carboxylic acids is 1. The summed E-state index contributed by atoms with van der Waals surface area (Å²) in [4.78, 5) is 26.0. The number of carbonyl (C=O) groups is 1. The summed E-state index contributed by atoms with van der Waals surface area (Å²) in [7, 11) is 1.53. The third-order valence-electron chi connectivity index (χ3n) is 3.12. The number of methoxy groups -OCH3 is 1. The van der Waals surface area contributed by atoms with Crippen molar-refractivity contribution in [3.8, 4) is 5.75 Å². The monoisotopic (exact) mass is 346 g/mol. The van der Waals surface area contributed by atoms with Crippen LogP contribution in [-0.4, -0.2) is 38.4 Å². The van der Waals surface area contributed by atoms with Crippen LogP contribution in [0.4, 0.5) is 11.5 Å². The molecular formula is C14H14N6O3S. The van der Waals surface area contributed by atoms with E-state index in [-0.39, 0.29) is 28.8 Å². The fraction of sp³-hybridized carbons (Fsp3) is 0.143. The van der Waals surface area contributed by atoms with Gasteiger partial charge in [-0.2, -0.15) is 0 Å². The van der Waals surface area contributed by atoms with Crippen molar-refractivity contribution in [1.29, 1.82) is 0 Å². The van der Waals surface area contributed by atoms with Crippen molar-refractivity contribution in [2.24, 2.45) is 0 Å². The molecule has 0 radical (unpaired) electrons. The molecule has 0 bridgehead atoms. The van der Waals surface area contributed by atoms with Crippen LogP contribution in [-0.2, 0) is 4.79 Å². The molecule has 24 heavy (non-hydrogen) atoms. The standard InChI is InChI=1S/C14H14N6O3S/c1-23-9-5-3-2-4-8(9)16-12(22)7-24-14-19-18-13-17-11(21)6-10(15)20(13)14/h2-6H,7,15H2,1H3,(H,16,22)(H,17,18,21). The second kappa shape index (κ2) is 6.62. The van der Waals surface area contributed by atoms with Crippen LogP contribution in [0.3, 0.4) is 0 Å². The number of ether oxygens (including phenoxy) is 1. The largest absolute Gasteiger partial charge is 0.495 e. The fourth-order valence-corrected chi connectivity index (χ4v) is 2.84. The number of rotatable bonds is 5. The van der Waals surface area contributed by atoms with E-state index < -0.39 is 0 Å². The first-order valence-corrected chi connectivity index (χ1v) is 7.86. The molecule has 0 aliphatic rings. The van der Waals surface area contributed by atoms with E-state index in [0.29, 0.717) is 16.6 Å². The fourth-order valence-electron chi connectivity index (χ4n) is 2.09. The van der Waals surface area contributed by atoms with Crippen LogP contribution in [0.1, 0.15) is 0 Å². The summed E-state index contributed by atoms with van der Waals surface area (Å²) in [5, 5.41) is 10.9. The average Bonchev–Trinajstić information content (AvgIpc) is 2.96. The lowest BCUT2D eigenvalue weighted by atomic mass is 10.3. The molecule has 0 saturated carbocycles. The number of anilines is 2. The second-order valence-corrected chi connectivity index (χ2v) is 5.68.